The van der Waals surface area contributed by atoms with Crippen LogP contribution >= 0.6 is 0 Å². The Kier molecular flexibility index (Phi) is 2.95. The van der Waals surface area contributed by atoms with Gasteiger partial charge in [-0.3, -0.25) is 0 Å². The zero-order valence-corrected chi connectivity index (χ0v) is 9.66. The fraction of sp³-hybridized carbons (Fsp3) is 0.727. The SMILES string of the molecule is Cc1cc(OC2CCNCC2C)n(C)n1. The van der Waals surface area contributed by atoms with Crippen LogP contribution in [-0.4, -0.2) is 29.0 Å². The van der Waals surface area contributed by atoms with Gasteiger partial charge in [-0.25, -0.2) is 4.68 Å². The van der Waals surface area contributed by atoms with Gasteiger partial charge < -0.3 is 10.1 Å². The maximum Gasteiger partial charge on any atom is 0.211 e. The van der Waals surface area contributed by atoms with Crippen LogP contribution in [0.5, 0.6) is 5.88 Å². The zero-order valence-electron chi connectivity index (χ0n) is 9.66. The fourth-order valence-electron chi connectivity index (χ4n) is 2.02. The maximum atomic E-state index is 5.98. The highest BCUT2D eigenvalue weighted by Gasteiger charge is 2.23. The molecule has 4 heteroatoms. The number of nitrogens with zero attached hydrogens (tertiary/aromatic N) is 2. The first-order valence-electron chi connectivity index (χ1n) is 5.55. The molecule has 84 valence electrons. The molecule has 0 amide bonds. The predicted molar refractivity (Wildman–Crippen MR) is 59.0 cm³/mol. The van der Waals surface area contributed by atoms with Crippen molar-refractivity contribution in [3.63, 3.8) is 0 Å². The zero-order chi connectivity index (χ0) is 10.8. The monoisotopic (exact) mass is 209 g/mol. The molecule has 0 spiro atoms. The van der Waals surface area contributed by atoms with E-state index in [2.05, 4.69) is 17.3 Å². The molecule has 1 aromatic heterocycles. The van der Waals surface area contributed by atoms with Crippen molar-refractivity contribution in [2.45, 2.75) is 26.4 Å². The molecule has 1 saturated heterocycles. The molecule has 1 N–H and O–H groups in total. The molecular formula is C11H19N3O. The van der Waals surface area contributed by atoms with Gasteiger partial charge in [0, 0.05) is 25.6 Å². The van der Waals surface area contributed by atoms with E-state index in [1.54, 1.807) is 0 Å². The Bertz CT molecular complexity index is 335. The second-order valence-electron chi connectivity index (χ2n) is 4.37. The van der Waals surface area contributed by atoms with Crippen LogP contribution in [0.1, 0.15) is 19.0 Å². The number of rotatable bonds is 2. The van der Waals surface area contributed by atoms with Crippen molar-refractivity contribution in [3.8, 4) is 5.88 Å². The Balaban J connectivity index is 2.04. The van der Waals surface area contributed by atoms with Crippen molar-refractivity contribution < 1.29 is 4.74 Å². The Hall–Kier alpha value is -1.03. The van der Waals surface area contributed by atoms with Crippen molar-refractivity contribution in [3.05, 3.63) is 11.8 Å². The van der Waals surface area contributed by atoms with Crippen molar-refractivity contribution >= 4 is 0 Å². The lowest BCUT2D eigenvalue weighted by atomic mass is 9.98. The average molecular weight is 209 g/mol. The first-order chi connectivity index (χ1) is 7.16. The third kappa shape index (κ3) is 2.31. The minimum atomic E-state index is 0.320. The summed E-state index contributed by atoms with van der Waals surface area (Å²) in [5, 5.41) is 7.65. The summed E-state index contributed by atoms with van der Waals surface area (Å²) < 4.78 is 7.79. The highest BCUT2D eigenvalue weighted by Crippen LogP contribution is 2.20. The predicted octanol–water partition coefficient (Wildman–Crippen LogP) is 1.11. The molecule has 0 bridgehead atoms. The summed E-state index contributed by atoms with van der Waals surface area (Å²) in [5.74, 6) is 1.44. The summed E-state index contributed by atoms with van der Waals surface area (Å²) in [6, 6.07) is 1.99. The molecule has 0 aliphatic carbocycles. The minimum Gasteiger partial charge on any atom is -0.474 e. The van der Waals surface area contributed by atoms with Gasteiger partial charge in [-0.05, 0) is 19.9 Å². The molecule has 2 rings (SSSR count). The molecule has 1 aliphatic rings. The first kappa shape index (κ1) is 10.5. The molecule has 0 saturated carbocycles. The first-order valence-corrected chi connectivity index (χ1v) is 5.55. The van der Waals surface area contributed by atoms with Gasteiger partial charge in [0.1, 0.15) is 6.10 Å². The molecule has 1 fully saturated rings. The van der Waals surface area contributed by atoms with E-state index in [0.29, 0.717) is 12.0 Å². The maximum absolute atomic E-state index is 5.98. The summed E-state index contributed by atoms with van der Waals surface area (Å²) in [6.07, 6.45) is 1.40. The Morgan fingerprint density at radius 3 is 3.00 bits per heavy atom. The van der Waals surface area contributed by atoms with Crippen molar-refractivity contribution in [2.24, 2.45) is 13.0 Å². The summed E-state index contributed by atoms with van der Waals surface area (Å²) in [7, 11) is 1.92. The topological polar surface area (TPSA) is 39.1 Å². The van der Waals surface area contributed by atoms with E-state index in [-0.39, 0.29) is 0 Å². The Morgan fingerprint density at radius 1 is 1.60 bits per heavy atom. The third-order valence-electron chi connectivity index (χ3n) is 2.94. The van der Waals surface area contributed by atoms with Crippen LogP contribution in [0, 0.1) is 12.8 Å². The number of piperidine rings is 1. The number of aryl methyl sites for hydroxylation is 2. The number of hydrogen-bond acceptors (Lipinski definition) is 3. The molecule has 4 nitrogen and oxygen atoms in total. The average Bonchev–Trinajstić information content (AvgIpc) is 2.49. The van der Waals surface area contributed by atoms with E-state index < -0.39 is 0 Å². The number of nitrogens with one attached hydrogen (secondary N) is 1. The number of ether oxygens (including phenoxy) is 1. The molecule has 2 unspecified atom stereocenters. The smallest absolute Gasteiger partial charge is 0.211 e. The summed E-state index contributed by atoms with van der Waals surface area (Å²) in [6.45, 7) is 6.30. The van der Waals surface area contributed by atoms with Crippen LogP contribution in [0.25, 0.3) is 0 Å². The van der Waals surface area contributed by atoms with E-state index in [4.69, 9.17) is 4.74 Å². The lowest BCUT2D eigenvalue weighted by Gasteiger charge is -2.29. The summed E-state index contributed by atoms with van der Waals surface area (Å²) in [4.78, 5) is 0. The summed E-state index contributed by atoms with van der Waals surface area (Å²) in [5.41, 5.74) is 1.01. The second-order valence-corrected chi connectivity index (χ2v) is 4.37. The number of aromatic nitrogens is 2. The van der Waals surface area contributed by atoms with Crippen molar-refractivity contribution in [1.29, 1.82) is 0 Å². The molecule has 1 aromatic rings. The van der Waals surface area contributed by atoms with Gasteiger partial charge >= 0.3 is 0 Å². The van der Waals surface area contributed by atoms with Gasteiger partial charge in [-0.1, -0.05) is 6.92 Å². The standard InChI is InChI=1S/C11H19N3O/c1-8-7-12-5-4-10(8)15-11-6-9(2)13-14(11)3/h6,8,10,12H,4-5,7H2,1-3H3. The van der Waals surface area contributed by atoms with Gasteiger partial charge in [0.2, 0.25) is 5.88 Å². The molecule has 15 heavy (non-hydrogen) atoms. The second kappa shape index (κ2) is 4.23. The Labute approximate surface area is 90.6 Å². The molecular weight excluding hydrogens is 190 g/mol. The van der Waals surface area contributed by atoms with Crippen LogP contribution in [0.15, 0.2) is 6.07 Å². The van der Waals surface area contributed by atoms with Gasteiger partial charge in [0.15, 0.2) is 0 Å². The van der Waals surface area contributed by atoms with E-state index in [1.165, 1.54) is 0 Å². The van der Waals surface area contributed by atoms with E-state index in [1.807, 2.05) is 24.7 Å². The van der Waals surface area contributed by atoms with Gasteiger partial charge in [0.05, 0.1) is 5.69 Å². The quantitative estimate of drug-likeness (QED) is 0.793. The summed E-state index contributed by atoms with van der Waals surface area (Å²) >= 11 is 0. The molecule has 0 aromatic carbocycles. The van der Waals surface area contributed by atoms with E-state index >= 15 is 0 Å². The highest BCUT2D eigenvalue weighted by atomic mass is 16.5. The molecule has 2 heterocycles. The lowest BCUT2D eigenvalue weighted by molar-refractivity contribution is 0.102. The van der Waals surface area contributed by atoms with Crippen LogP contribution in [-0.2, 0) is 7.05 Å². The van der Waals surface area contributed by atoms with Crippen LogP contribution in [0.4, 0.5) is 0 Å². The molecule has 2 atom stereocenters. The van der Waals surface area contributed by atoms with Gasteiger partial charge in [-0.2, -0.15) is 5.10 Å². The molecule has 0 radical (unpaired) electrons. The minimum absolute atomic E-state index is 0.320. The van der Waals surface area contributed by atoms with Crippen molar-refractivity contribution in [2.75, 3.05) is 13.1 Å². The van der Waals surface area contributed by atoms with E-state index in [9.17, 15) is 0 Å². The Morgan fingerprint density at radius 2 is 2.40 bits per heavy atom. The van der Waals surface area contributed by atoms with Crippen LogP contribution in [0.2, 0.25) is 0 Å². The fourth-order valence-corrected chi connectivity index (χ4v) is 2.02. The lowest BCUT2D eigenvalue weighted by Crippen LogP contribution is -2.41. The largest absolute Gasteiger partial charge is 0.474 e. The third-order valence-corrected chi connectivity index (χ3v) is 2.94. The van der Waals surface area contributed by atoms with Crippen LogP contribution in [0.3, 0.4) is 0 Å². The number of hydrogen-bond donors (Lipinski definition) is 1. The molecule has 1 aliphatic heterocycles. The van der Waals surface area contributed by atoms with Gasteiger partial charge in [0.25, 0.3) is 0 Å². The van der Waals surface area contributed by atoms with Crippen LogP contribution < -0.4 is 10.1 Å². The van der Waals surface area contributed by atoms with Crippen molar-refractivity contribution in [1.82, 2.24) is 15.1 Å². The normalized spacial score (nSPS) is 26.6. The van der Waals surface area contributed by atoms with Gasteiger partial charge in [-0.15, -0.1) is 0 Å². The highest BCUT2D eigenvalue weighted by molar-refractivity contribution is 5.15. The van der Waals surface area contributed by atoms with E-state index in [0.717, 1.165) is 31.1 Å².